The number of carbonyl (C=O) groups is 2. The predicted octanol–water partition coefficient (Wildman–Crippen LogP) is 5.68. The number of esters is 1. The first-order valence-corrected chi connectivity index (χ1v) is 15.6. The maximum absolute atomic E-state index is 13.1. The zero-order valence-corrected chi connectivity index (χ0v) is 26.1. The molecule has 8 heteroatoms. The van der Waals surface area contributed by atoms with Crippen LogP contribution in [-0.2, 0) is 26.3 Å². The third kappa shape index (κ3) is 5.79. The van der Waals surface area contributed by atoms with Crippen molar-refractivity contribution < 1.29 is 19.1 Å². The number of rotatable bonds is 11. The van der Waals surface area contributed by atoms with E-state index in [4.69, 9.17) is 20.2 Å². The number of fused-ring (bicyclic) bond motifs is 1. The molecule has 8 nitrogen and oxygen atoms in total. The minimum absolute atomic E-state index is 0.213. The van der Waals surface area contributed by atoms with Gasteiger partial charge in [-0.05, 0) is 59.2 Å². The van der Waals surface area contributed by atoms with Crippen LogP contribution in [0.3, 0.4) is 0 Å². The number of likely N-dealkylation sites (tertiary alicyclic amines) is 1. The van der Waals surface area contributed by atoms with Gasteiger partial charge in [-0.3, -0.25) is 4.79 Å². The molecule has 3 N–H and O–H groups in total. The van der Waals surface area contributed by atoms with Crippen LogP contribution >= 0.6 is 0 Å². The van der Waals surface area contributed by atoms with Crippen LogP contribution in [0.4, 0.5) is 5.82 Å². The van der Waals surface area contributed by atoms with Gasteiger partial charge in [-0.1, -0.05) is 91.0 Å². The maximum atomic E-state index is 13.1. The first-order chi connectivity index (χ1) is 22.5. The summed E-state index contributed by atoms with van der Waals surface area (Å²) < 4.78 is 11.3. The summed E-state index contributed by atoms with van der Waals surface area (Å²) >= 11 is 0. The number of pyridine rings is 1. The molecule has 0 unspecified atom stereocenters. The molecule has 1 aromatic heterocycles. The lowest BCUT2D eigenvalue weighted by Gasteiger charge is -2.37. The van der Waals surface area contributed by atoms with Gasteiger partial charge in [0.1, 0.15) is 23.1 Å². The van der Waals surface area contributed by atoms with Crippen molar-refractivity contribution in [3.05, 3.63) is 138 Å². The van der Waals surface area contributed by atoms with E-state index in [-0.39, 0.29) is 18.9 Å². The molecular weight excluding hydrogens is 576 g/mol. The van der Waals surface area contributed by atoms with Crippen molar-refractivity contribution in [2.24, 2.45) is 5.73 Å². The number of nitrogens with one attached hydrogen (secondary N) is 1. The molecule has 46 heavy (non-hydrogen) atoms. The molecular formula is C38H38N4O4. The fourth-order valence-corrected chi connectivity index (χ4v) is 6.46. The van der Waals surface area contributed by atoms with Crippen molar-refractivity contribution in [3.63, 3.8) is 0 Å². The highest BCUT2D eigenvalue weighted by Crippen LogP contribution is 2.41. The molecule has 0 saturated carbocycles. The van der Waals surface area contributed by atoms with Crippen molar-refractivity contribution in [1.29, 1.82) is 0 Å². The first kappa shape index (κ1) is 30.8. The lowest BCUT2D eigenvalue weighted by Crippen LogP contribution is -2.47. The summed E-state index contributed by atoms with van der Waals surface area (Å²) in [7, 11) is 1.60. The molecule has 1 aliphatic rings. The highest BCUT2D eigenvalue weighted by atomic mass is 16.5. The number of methoxy groups -OCH3 is 1. The average Bonchev–Trinajstić information content (AvgIpc) is 3.43. The van der Waals surface area contributed by atoms with Crippen LogP contribution < -0.4 is 15.8 Å². The van der Waals surface area contributed by atoms with Gasteiger partial charge in [0.25, 0.3) is 0 Å². The van der Waals surface area contributed by atoms with E-state index in [1.807, 2.05) is 72.8 Å². The molecule has 5 aromatic rings. The minimum Gasteiger partial charge on any atom is -0.496 e. The molecule has 234 valence electrons. The van der Waals surface area contributed by atoms with Gasteiger partial charge in [0.05, 0.1) is 19.8 Å². The van der Waals surface area contributed by atoms with Gasteiger partial charge in [-0.25, -0.2) is 9.78 Å². The Morgan fingerprint density at radius 1 is 0.957 bits per heavy atom. The fourth-order valence-electron chi connectivity index (χ4n) is 6.46. The monoisotopic (exact) mass is 614 g/mol. The smallest absolute Gasteiger partial charge is 0.329 e. The number of carbonyl (C=O) groups excluding carboxylic acids is 2. The van der Waals surface area contributed by atoms with Gasteiger partial charge in [-0.15, -0.1) is 0 Å². The Kier molecular flexibility index (Phi) is 8.99. The van der Waals surface area contributed by atoms with Crippen molar-refractivity contribution in [2.75, 3.05) is 25.6 Å². The Hall–Kier alpha value is -5.21. The lowest BCUT2D eigenvalue weighted by atomic mass is 9.77. The Labute approximate surface area is 269 Å². The van der Waals surface area contributed by atoms with Gasteiger partial charge in [0.2, 0.25) is 5.91 Å². The van der Waals surface area contributed by atoms with Crippen molar-refractivity contribution in [2.45, 2.75) is 37.4 Å². The Morgan fingerprint density at radius 2 is 1.54 bits per heavy atom. The lowest BCUT2D eigenvalue weighted by molar-refractivity contribution is -0.153. The SMILES string of the molecule is CCOC(=O)[C@@H](Cc1cc2ccnc(NC(c3ccccc3)(c3ccccc3)c3ccccc3)c2cc1OC)N1CC[C@H](N)C1=O. The molecule has 0 spiro atoms. The van der Waals surface area contributed by atoms with E-state index in [1.54, 1.807) is 25.1 Å². The van der Waals surface area contributed by atoms with Crippen LogP contribution in [0, 0.1) is 0 Å². The highest BCUT2D eigenvalue weighted by molar-refractivity contribution is 5.95. The third-order valence-electron chi connectivity index (χ3n) is 8.72. The molecule has 2 heterocycles. The van der Waals surface area contributed by atoms with E-state index < -0.39 is 23.6 Å². The maximum Gasteiger partial charge on any atom is 0.329 e. The van der Waals surface area contributed by atoms with Crippen molar-refractivity contribution in [1.82, 2.24) is 9.88 Å². The van der Waals surface area contributed by atoms with Gasteiger partial charge < -0.3 is 25.4 Å². The summed E-state index contributed by atoms with van der Waals surface area (Å²) in [5.41, 5.74) is 9.18. The van der Waals surface area contributed by atoms with E-state index >= 15 is 0 Å². The second kappa shape index (κ2) is 13.4. The normalized spacial score (nSPS) is 15.5. The molecule has 0 bridgehead atoms. The molecule has 2 atom stereocenters. The van der Waals surface area contributed by atoms with Crippen LogP contribution in [0.2, 0.25) is 0 Å². The second-order valence-electron chi connectivity index (χ2n) is 11.4. The standard InChI is InChI=1S/C38H38N4O4/c1-3-46-37(44)33(42-22-20-32(39)36(42)43)24-27-23-26-19-21-40-35(31(26)25-34(27)45-2)41-38(28-13-7-4-8-14-28,29-15-9-5-10-16-29)30-17-11-6-12-18-30/h4-19,21,23,25,32-33H,3,20,22,24,39H2,1-2H3,(H,40,41)/t32-,33+/m0/s1. The van der Waals surface area contributed by atoms with E-state index in [2.05, 4.69) is 41.7 Å². The van der Waals surface area contributed by atoms with E-state index in [0.717, 1.165) is 33.0 Å². The number of benzene rings is 4. The first-order valence-electron chi connectivity index (χ1n) is 15.6. The zero-order chi connectivity index (χ0) is 32.1. The summed E-state index contributed by atoms with van der Waals surface area (Å²) in [5.74, 6) is 0.551. The molecule has 0 radical (unpaired) electrons. The largest absolute Gasteiger partial charge is 0.496 e. The van der Waals surface area contributed by atoms with Crippen LogP contribution in [0.25, 0.3) is 10.8 Å². The van der Waals surface area contributed by atoms with E-state index in [9.17, 15) is 9.59 Å². The molecule has 1 fully saturated rings. The molecule has 1 amide bonds. The number of nitrogens with two attached hydrogens (primary N) is 1. The number of hydrogen-bond acceptors (Lipinski definition) is 7. The van der Waals surface area contributed by atoms with Crippen LogP contribution in [0.5, 0.6) is 5.75 Å². The summed E-state index contributed by atoms with van der Waals surface area (Å²) in [4.78, 5) is 32.4. The number of aromatic nitrogens is 1. The molecule has 6 rings (SSSR count). The van der Waals surface area contributed by atoms with Crippen molar-refractivity contribution in [3.8, 4) is 5.75 Å². The predicted molar refractivity (Wildman–Crippen MR) is 180 cm³/mol. The summed E-state index contributed by atoms with van der Waals surface area (Å²) in [6, 6.07) is 35.5. The molecule has 1 saturated heterocycles. The Bertz CT molecular complexity index is 1720. The number of hydrogen-bond donors (Lipinski definition) is 2. The molecule has 0 aliphatic carbocycles. The summed E-state index contributed by atoms with van der Waals surface area (Å²) in [6.07, 6.45) is 2.50. The van der Waals surface area contributed by atoms with Gasteiger partial charge >= 0.3 is 5.97 Å². The summed E-state index contributed by atoms with van der Waals surface area (Å²) in [5, 5.41) is 5.63. The van der Waals surface area contributed by atoms with Gasteiger partial charge in [0.15, 0.2) is 0 Å². The van der Waals surface area contributed by atoms with Crippen LogP contribution in [0.15, 0.2) is 115 Å². The van der Waals surface area contributed by atoms with E-state index in [1.165, 1.54) is 0 Å². The average molecular weight is 615 g/mol. The van der Waals surface area contributed by atoms with Gasteiger partial charge in [0, 0.05) is 24.5 Å². The Morgan fingerprint density at radius 3 is 2.04 bits per heavy atom. The Balaban J connectivity index is 1.48. The number of anilines is 1. The number of nitrogens with zero attached hydrogens (tertiary/aromatic N) is 2. The fraction of sp³-hybridized carbons (Fsp3) is 0.237. The zero-order valence-electron chi connectivity index (χ0n) is 26.1. The second-order valence-corrected chi connectivity index (χ2v) is 11.4. The van der Waals surface area contributed by atoms with Crippen LogP contribution in [-0.4, -0.2) is 54.1 Å². The number of ether oxygens (including phenoxy) is 2. The quantitative estimate of drug-likeness (QED) is 0.146. The third-order valence-corrected chi connectivity index (χ3v) is 8.72. The highest BCUT2D eigenvalue weighted by Gasteiger charge is 2.39. The van der Waals surface area contributed by atoms with Gasteiger partial charge in [-0.2, -0.15) is 0 Å². The van der Waals surface area contributed by atoms with E-state index in [0.29, 0.717) is 24.5 Å². The van der Waals surface area contributed by atoms with Crippen molar-refractivity contribution >= 4 is 28.5 Å². The summed E-state index contributed by atoms with van der Waals surface area (Å²) in [6.45, 7) is 2.37. The molecule has 1 aliphatic heterocycles. The topological polar surface area (TPSA) is 107 Å². The van der Waals surface area contributed by atoms with Crippen LogP contribution in [0.1, 0.15) is 35.6 Å². The number of amides is 1. The molecule has 4 aromatic carbocycles. The minimum atomic E-state index is -0.811.